The van der Waals surface area contributed by atoms with E-state index in [-0.39, 0.29) is 6.04 Å². The largest absolute Gasteiger partial charge is 0.383 e. The summed E-state index contributed by atoms with van der Waals surface area (Å²) in [5.74, 6) is 0. The van der Waals surface area contributed by atoms with E-state index >= 15 is 0 Å². The molecule has 1 fully saturated rings. The van der Waals surface area contributed by atoms with Crippen LogP contribution in [0.1, 0.15) is 24.4 Å². The summed E-state index contributed by atoms with van der Waals surface area (Å²) in [6.45, 7) is 2.14. The molecule has 0 aliphatic heterocycles. The Kier molecular flexibility index (Phi) is 5.48. The molecule has 1 aliphatic carbocycles. The Morgan fingerprint density at radius 2 is 1.95 bits per heavy atom. The second-order valence-electron chi connectivity index (χ2n) is 4.92. The fourth-order valence-corrected chi connectivity index (χ4v) is 2.97. The van der Waals surface area contributed by atoms with Gasteiger partial charge in [-0.05, 0) is 36.6 Å². The number of methoxy groups -OCH3 is 1. The van der Waals surface area contributed by atoms with Gasteiger partial charge in [-0.15, -0.1) is 0 Å². The minimum absolute atomic E-state index is 0.152. The van der Waals surface area contributed by atoms with Gasteiger partial charge in [0.15, 0.2) is 0 Å². The van der Waals surface area contributed by atoms with Crippen LogP contribution in [0.15, 0.2) is 18.2 Å². The van der Waals surface area contributed by atoms with Crippen LogP contribution in [0.3, 0.4) is 0 Å². The van der Waals surface area contributed by atoms with E-state index in [4.69, 9.17) is 33.7 Å². The number of benzene rings is 1. The first-order chi connectivity index (χ1) is 9.15. The van der Waals surface area contributed by atoms with Crippen LogP contribution in [0, 0.1) is 0 Å². The minimum atomic E-state index is 0.152. The number of hydrogen-bond acceptors (Lipinski definition) is 3. The topological polar surface area (TPSA) is 38.5 Å². The van der Waals surface area contributed by atoms with Gasteiger partial charge in [-0.25, -0.2) is 0 Å². The predicted molar refractivity (Wildman–Crippen MR) is 79.9 cm³/mol. The van der Waals surface area contributed by atoms with Crippen molar-refractivity contribution in [3.05, 3.63) is 33.8 Å². The van der Waals surface area contributed by atoms with E-state index in [9.17, 15) is 0 Å². The van der Waals surface area contributed by atoms with Gasteiger partial charge in [0, 0.05) is 42.3 Å². The van der Waals surface area contributed by atoms with E-state index in [0.29, 0.717) is 29.2 Å². The summed E-state index contributed by atoms with van der Waals surface area (Å²) in [7, 11) is 1.72. The Labute approximate surface area is 124 Å². The molecule has 2 N–H and O–H groups in total. The first-order valence-corrected chi connectivity index (χ1v) is 7.32. The molecule has 106 valence electrons. The molecule has 0 radical (unpaired) electrons. The number of halogens is 2. The molecule has 5 heteroatoms. The lowest BCUT2D eigenvalue weighted by molar-refractivity contribution is 0.115. The van der Waals surface area contributed by atoms with Crippen molar-refractivity contribution in [1.82, 2.24) is 4.90 Å². The monoisotopic (exact) mass is 302 g/mol. The highest BCUT2D eigenvalue weighted by Gasteiger charge is 2.33. The molecule has 1 saturated carbocycles. The first-order valence-electron chi connectivity index (χ1n) is 6.56. The van der Waals surface area contributed by atoms with E-state index in [2.05, 4.69) is 4.90 Å². The van der Waals surface area contributed by atoms with Crippen LogP contribution in [0.5, 0.6) is 0 Å². The molecule has 1 aromatic carbocycles. The summed E-state index contributed by atoms with van der Waals surface area (Å²) in [4.78, 5) is 2.41. The van der Waals surface area contributed by atoms with Gasteiger partial charge in [-0.2, -0.15) is 0 Å². The van der Waals surface area contributed by atoms with Gasteiger partial charge in [-0.1, -0.05) is 23.2 Å². The second kappa shape index (κ2) is 6.91. The van der Waals surface area contributed by atoms with Gasteiger partial charge in [0.05, 0.1) is 6.61 Å². The van der Waals surface area contributed by atoms with Crippen LogP contribution in [-0.2, 0) is 4.74 Å². The number of nitrogens with zero attached hydrogens (tertiary/aromatic N) is 1. The highest BCUT2D eigenvalue weighted by molar-refractivity contribution is 6.34. The van der Waals surface area contributed by atoms with Crippen LogP contribution < -0.4 is 5.73 Å². The van der Waals surface area contributed by atoms with Crippen molar-refractivity contribution in [2.24, 2.45) is 5.73 Å². The Balaban J connectivity index is 2.20. The zero-order valence-electron chi connectivity index (χ0n) is 11.1. The highest BCUT2D eigenvalue weighted by atomic mass is 35.5. The normalized spacial score (nSPS) is 16.9. The van der Waals surface area contributed by atoms with Crippen LogP contribution in [-0.4, -0.2) is 37.7 Å². The maximum absolute atomic E-state index is 6.09. The van der Waals surface area contributed by atoms with E-state index in [1.165, 1.54) is 12.8 Å². The van der Waals surface area contributed by atoms with Crippen molar-refractivity contribution in [1.29, 1.82) is 0 Å². The molecule has 1 unspecified atom stereocenters. The average molecular weight is 303 g/mol. The molecule has 1 atom stereocenters. The fourth-order valence-electron chi connectivity index (χ4n) is 2.43. The Morgan fingerprint density at radius 3 is 2.42 bits per heavy atom. The van der Waals surface area contributed by atoms with Crippen LogP contribution >= 0.6 is 23.2 Å². The van der Waals surface area contributed by atoms with Crippen molar-refractivity contribution in [2.45, 2.75) is 24.9 Å². The SMILES string of the molecule is COCCN(C1CC1)C(CN)c1cc(Cl)cc(Cl)c1. The van der Waals surface area contributed by atoms with Crippen molar-refractivity contribution in [3.8, 4) is 0 Å². The third kappa shape index (κ3) is 4.07. The third-order valence-corrected chi connectivity index (χ3v) is 3.90. The fraction of sp³-hybridized carbons (Fsp3) is 0.571. The third-order valence-electron chi connectivity index (χ3n) is 3.46. The number of ether oxygens (including phenoxy) is 1. The van der Waals surface area contributed by atoms with Gasteiger partial charge in [0.1, 0.15) is 0 Å². The Morgan fingerprint density at radius 1 is 1.32 bits per heavy atom. The summed E-state index contributed by atoms with van der Waals surface area (Å²) >= 11 is 12.2. The smallest absolute Gasteiger partial charge is 0.0590 e. The number of nitrogens with two attached hydrogens (primary N) is 1. The first kappa shape index (κ1) is 15.1. The van der Waals surface area contributed by atoms with Crippen molar-refractivity contribution in [2.75, 3.05) is 26.8 Å². The lowest BCUT2D eigenvalue weighted by Gasteiger charge is -2.31. The molecule has 0 heterocycles. The maximum Gasteiger partial charge on any atom is 0.0590 e. The number of rotatable bonds is 7. The molecule has 1 aromatic rings. The summed E-state index contributed by atoms with van der Waals surface area (Å²) < 4.78 is 5.19. The van der Waals surface area contributed by atoms with E-state index in [0.717, 1.165) is 12.1 Å². The predicted octanol–water partition coefficient (Wildman–Crippen LogP) is 3.10. The molecular formula is C14H20Cl2N2O. The summed E-state index contributed by atoms with van der Waals surface area (Å²) in [5, 5.41) is 1.31. The average Bonchev–Trinajstić information content (AvgIpc) is 3.17. The van der Waals surface area contributed by atoms with Gasteiger partial charge >= 0.3 is 0 Å². The Hall–Kier alpha value is -0.320. The molecule has 2 rings (SSSR count). The molecule has 0 spiro atoms. The maximum atomic E-state index is 6.09. The van der Waals surface area contributed by atoms with Crippen molar-refractivity contribution in [3.63, 3.8) is 0 Å². The zero-order chi connectivity index (χ0) is 13.8. The van der Waals surface area contributed by atoms with Crippen LogP contribution in [0.4, 0.5) is 0 Å². The lowest BCUT2D eigenvalue weighted by atomic mass is 10.0. The van der Waals surface area contributed by atoms with Gasteiger partial charge in [0.2, 0.25) is 0 Å². The lowest BCUT2D eigenvalue weighted by Crippen LogP contribution is -2.37. The van der Waals surface area contributed by atoms with Crippen molar-refractivity contribution >= 4 is 23.2 Å². The molecule has 0 bridgehead atoms. The van der Waals surface area contributed by atoms with E-state index < -0.39 is 0 Å². The molecule has 0 amide bonds. The highest BCUT2D eigenvalue weighted by Crippen LogP contribution is 2.35. The molecule has 3 nitrogen and oxygen atoms in total. The van der Waals surface area contributed by atoms with E-state index in [1.807, 2.05) is 12.1 Å². The minimum Gasteiger partial charge on any atom is -0.383 e. The summed E-state index contributed by atoms with van der Waals surface area (Å²) in [6, 6.07) is 6.41. The molecule has 1 aliphatic rings. The zero-order valence-corrected chi connectivity index (χ0v) is 12.6. The standard InChI is InChI=1S/C14H20Cl2N2O/c1-19-5-4-18(13-2-3-13)14(9-17)10-6-11(15)8-12(16)7-10/h6-8,13-14H,2-5,9,17H2,1H3. The summed E-state index contributed by atoms with van der Waals surface area (Å²) in [5.41, 5.74) is 7.06. The molecule has 0 saturated heterocycles. The van der Waals surface area contributed by atoms with Crippen molar-refractivity contribution < 1.29 is 4.74 Å². The molecule has 19 heavy (non-hydrogen) atoms. The molecule has 0 aromatic heterocycles. The molecular weight excluding hydrogens is 283 g/mol. The van der Waals surface area contributed by atoms with Crippen LogP contribution in [0.25, 0.3) is 0 Å². The van der Waals surface area contributed by atoms with Crippen LogP contribution in [0.2, 0.25) is 10.0 Å². The quantitative estimate of drug-likeness (QED) is 0.841. The van der Waals surface area contributed by atoms with E-state index in [1.54, 1.807) is 13.2 Å². The number of hydrogen-bond donors (Lipinski definition) is 1. The van der Waals surface area contributed by atoms with Gasteiger partial charge in [0.25, 0.3) is 0 Å². The second-order valence-corrected chi connectivity index (χ2v) is 5.79. The Bertz CT molecular complexity index is 404. The summed E-state index contributed by atoms with van der Waals surface area (Å²) in [6.07, 6.45) is 2.46. The van der Waals surface area contributed by atoms with Gasteiger partial charge in [-0.3, -0.25) is 4.90 Å². The van der Waals surface area contributed by atoms with Gasteiger partial charge < -0.3 is 10.5 Å².